The maximum atomic E-state index is 11.6. The Balaban J connectivity index is 1.77. The van der Waals surface area contributed by atoms with Gasteiger partial charge in [0.15, 0.2) is 0 Å². The summed E-state index contributed by atoms with van der Waals surface area (Å²) < 4.78 is 0. The van der Waals surface area contributed by atoms with E-state index in [2.05, 4.69) is 48.2 Å². The average Bonchev–Trinajstić information content (AvgIpc) is 2.93. The predicted molar refractivity (Wildman–Crippen MR) is 86.8 cm³/mol. The quantitative estimate of drug-likeness (QED) is 0.941. The van der Waals surface area contributed by atoms with Crippen molar-refractivity contribution in [2.24, 2.45) is 5.92 Å². The van der Waals surface area contributed by atoms with E-state index >= 15 is 0 Å². The van der Waals surface area contributed by atoms with E-state index in [0.717, 1.165) is 18.7 Å². The lowest BCUT2D eigenvalue weighted by atomic mass is 9.89. The number of hydrogen-bond donors (Lipinski definition) is 1. The highest BCUT2D eigenvalue weighted by atomic mass is 16.4. The van der Waals surface area contributed by atoms with Gasteiger partial charge in [0.2, 0.25) is 0 Å². The van der Waals surface area contributed by atoms with Crippen molar-refractivity contribution < 1.29 is 9.90 Å². The molecule has 1 N–H and O–H groups in total. The maximum absolute atomic E-state index is 11.6. The summed E-state index contributed by atoms with van der Waals surface area (Å²) in [4.78, 5) is 13.9. The van der Waals surface area contributed by atoms with Crippen molar-refractivity contribution in [3.05, 3.63) is 71.3 Å². The Morgan fingerprint density at radius 1 is 1.09 bits per heavy atom. The zero-order valence-corrected chi connectivity index (χ0v) is 12.8. The molecule has 3 heteroatoms. The fraction of sp³-hybridized carbons (Fsp3) is 0.316. The van der Waals surface area contributed by atoms with Crippen LogP contribution in [0.4, 0.5) is 0 Å². The van der Waals surface area contributed by atoms with Crippen molar-refractivity contribution in [1.29, 1.82) is 0 Å². The first kappa shape index (κ1) is 14.8. The van der Waals surface area contributed by atoms with Crippen molar-refractivity contribution in [2.75, 3.05) is 13.1 Å². The molecule has 1 fully saturated rings. The summed E-state index contributed by atoms with van der Waals surface area (Å²) in [5, 5.41) is 9.56. The molecule has 1 saturated heterocycles. The van der Waals surface area contributed by atoms with Crippen LogP contribution in [-0.2, 0) is 11.3 Å². The molecule has 0 unspecified atom stereocenters. The topological polar surface area (TPSA) is 40.5 Å². The van der Waals surface area contributed by atoms with Crippen LogP contribution in [0.25, 0.3) is 0 Å². The molecule has 22 heavy (non-hydrogen) atoms. The molecule has 0 aromatic heterocycles. The Hall–Kier alpha value is -2.13. The molecule has 3 rings (SSSR count). The molecular weight excluding hydrogens is 274 g/mol. The van der Waals surface area contributed by atoms with Crippen LogP contribution in [0.15, 0.2) is 54.6 Å². The summed E-state index contributed by atoms with van der Waals surface area (Å²) in [6, 6.07) is 18.5. The number of benzene rings is 2. The average molecular weight is 295 g/mol. The van der Waals surface area contributed by atoms with Crippen molar-refractivity contribution in [2.45, 2.75) is 19.4 Å². The number of carboxylic acid groups (broad SMARTS) is 1. The zero-order valence-electron chi connectivity index (χ0n) is 12.8. The highest BCUT2D eigenvalue weighted by Gasteiger charge is 2.38. The minimum Gasteiger partial charge on any atom is -0.481 e. The first-order valence-electron chi connectivity index (χ1n) is 7.69. The van der Waals surface area contributed by atoms with Crippen LogP contribution < -0.4 is 0 Å². The third kappa shape index (κ3) is 3.20. The number of carboxylic acids is 1. The van der Waals surface area contributed by atoms with E-state index in [9.17, 15) is 9.90 Å². The van der Waals surface area contributed by atoms with E-state index in [-0.39, 0.29) is 11.8 Å². The Morgan fingerprint density at radius 3 is 2.41 bits per heavy atom. The number of hydrogen-bond acceptors (Lipinski definition) is 2. The first-order chi connectivity index (χ1) is 10.6. The van der Waals surface area contributed by atoms with Crippen molar-refractivity contribution in [1.82, 2.24) is 4.90 Å². The van der Waals surface area contributed by atoms with Crippen LogP contribution in [0.5, 0.6) is 0 Å². The Morgan fingerprint density at radius 2 is 1.77 bits per heavy atom. The minimum atomic E-state index is -0.693. The van der Waals surface area contributed by atoms with Crippen LogP contribution in [0, 0.1) is 12.8 Å². The van der Waals surface area contributed by atoms with Gasteiger partial charge in [-0.1, -0.05) is 60.2 Å². The van der Waals surface area contributed by atoms with Crippen molar-refractivity contribution >= 4 is 5.97 Å². The molecule has 1 heterocycles. The number of aryl methyl sites for hydroxylation is 1. The largest absolute Gasteiger partial charge is 0.481 e. The molecule has 0 saturated carbocycles. The molecule has 2 aromatic carbocycles. The van der Waals surface area contributed by atoms with Crippen LogP contribution in [0.2, 0.25) is 0 Å². The molecule has 1 aliphatic heterocycles. The van der Waals surface area contributed by atoms with Crippen LogP contribution in [0.3, 0.4) is 0 Å². The fourth-order valence-corrected chi connectivity index (χ4v) is 3.26. The Kier molecular flexibility index (Phi) is 4.25. The second kappa shape index (κ2) is 6.32. The Labute approximate surface area is 131 Å². The summed E-state index contributed by atoms with van der Waals surface area (Å²) >= 11 is 0. The van der Waals surface area contributed by atoms with Gasteiger partial charge >= 0.3 is 5.97 Å². The highest BCUT2D eigenvalue weighted by Crippen LogP contribution is 2.33. The lowest BCUT2D eigenvalue weighted by Gasteiger charge is -2.16. The van der Waals surface area contributed by atoms with Crippen molar-refractivity contribution in [3.8, 4) is 0 Å². The molecule has 0 bridgehead atoms. The summed E-state index contributed by atoms with van der Waals surface area (Å²) in [5.74, 6) is -0.950. The van der Waals surface area contributed by atoms with Gasteiger partial charge in [0.25, 0.3) is 0 Å². The highest BCUT2D eigenvalue weighted by molar-refractivity contribution is 5.72. The van der Waals surface area contributed by atoms with Gasteiger partial charge in [0.1, 0.15) is 0 Å². The molecule has 0 aliphatic carbocycles. The molecule has 2 atom stereocenters. The SMILES string of the molecule is Cc1ccc([C@H]2CN(Cc3ccccc3)C[C@H]2C(=O)O)cc1. The lowest BCUT2D eigenvalue weighted by Crippen LogP contribution is -2.23. The van der Waals surface area contributed by atoms with E-state index in [1.54, 1.807) is 0 Å². The molecule has 2 aromatic rings. The third-order valence-corrected chi connectivity index (χ3v) is 4.47. The van der Waals surface area contributed by atoms with Gasteiger partial charge in [-0.25, -0.2) is 0 Å². The maximum Gasteiger partial charge on any atom is 0.308 e. The summed E-state index contributed by atoms with van der Waals surface area (Å²) in [5.41, 5.74) is 3.57. The van der Waals surface area contributed by atoms with E-state index < -0.39 is 5.97 Å². The van der Waals surface area contributed by atoms with Gasteiger partial charge in [0, 0.05) is 25.6 Å². The number of aliphatic carboxylic acids is 1. The van der Waals surface area contributed by atoms with E-state index in [1.807, 2.05) is 18.2 Å². The van der Waals surface area contributed by atoms with Crippen molar-refractivity contribution in [3.63, 3.8) is 0 Å². The number of nitrogens with zero attached hydrogens (tertiary/aromatic N) is 1. The van der Waals surface area contributed by atoms with E-state index in [0.29, 0.717) is 6.54 Å². The number of likely N-dealkylation sites (tertiary alicyclic amines) is 1. The summed E-state index contributed by atoms with van der Waals surface area (Å²) in [6.07, 6.45) is 0. The molecule has 114 valence electrons. The first-order valence-corrected chi connectivity index (χ1v) is 7.69. The van der Waals surface area contributed by atoms with E-state index in [4.69, 9.17) is 0 Å². The summed E-state index contributed by atoms with van der Waals surface area (Å²) in [6.45, 7) is 4.28. The molecule has 0 spiro atoms. The smallest absolute Gasteiger partial charge is 0.308 e. The lowest BCUT2D eigenvalue weighted by molar-refractivity contribution is -0.141. The van der Waals surface area contributed by atoms with Crippen LogP contribution >= 0.6 is 0 Å². The van der Waals surface area contributed by atoms with Gasteiger partial charge in [-0.2, -0.15) is 0 Å². The van der Waals surface area contributed by atoms with E-state index in [1.165, 1.54) is 11.1 Å². The summed E-state index contributed by atoms with van der Waals surface area (Å²) in [7, 11) is 0. The van der Waals surface area contributed by atoms with Gasteiger partial charge in [-0.05, 0) is 18.1 Å². The molecular formula is C19H21NO2. The zero-order chi connectivity index (χ0) is 15.5. The standard InChI is InChI=1S/C19H21NO2/c1-14-7-9-16(10-8-14)17-12-20(13-18(17)19(21)22)11-15-5-3-2-4-6-15/h2-10,17-18H,11-13H2,1H3,(H,21,22)/t17-,18-/m1/s1. The monoisotopic (exact) mass is 295 g/mol. The van der Waals surface area contributed by atoms with Crippen LogP contribution in [-0.4, -0.2) is 29.1 Å². The molecule has 1 aliphatic rings. The van der Waals surface area contributed by atoms with Crippen LogP contribution in [0.1, 0.15) is 22.6 Å². The normalized spacial score (nSPS) is 21.9. The fourth-order valence-electron chi connectivity index (χ4n) is 3.26. The van der Waals surface area contributed by atoms with Gasteiger partial charge in [0.05, 0.1) is 5.92 Å². The predicted octanol–water partition coefficient (Wildman–Crippen LogP) is 3.30. The third-order valence-electron chi connectivity index (χ3n) is 4.47. The number of rotatable bonds is 4. The Bertz CT molecular complexity index is 636. The second-order valence-electron chi connectivity index (χ2n) is 6.14. The minimum absolute atomic E-state index is 0.0711. The molecule has 0 radical (unpaired) electrons. The molecule has 3 nitrogen and oxygen atoms in total. The molecule has 0 amide bonds. The van der Waals surface area contributed by atoms with Gasteiger partial charge < -0.3 is 5.11 Å². The van der Waals surface area contributed by atoms with Gasteiger partial charge in [-0.15, -0.1) is 0 Å². The number of carbonyl (C=O) groups is 1. The second-order valence-corrected chi connectivity index (χ2v) is 6.14. The van der Waals surface area contributed by atoms with Gasteiger partial charge in [-0.3, -0.25) is 9.69 Å².